The lowest BCUT2D eigenvalue weighted by Gasteiger charge is -2.21. The molecule has 0 aliphatic rings. The minimum Gasteiger partial charge on any atom is -0.326 e. The maximum absolute atomic E-state index is 12.5. The minimum atomic E-state index is -3.57. The second kappa shape index (κ2) is 9.33. The van der Waals surface area contributed by atoms with Crippen LogP contribution in [0.1, 0.15) is 48.2 Å². The summed E-state index contributed by atoms with van der Waals surface area (Å²) in [5, 5.41) is 2.71. The van der Waals surface area contributed by atoms with E-state index >= 15 is 0 Å². The molecule has 6 nitrogen and oxygen atoms in total. The summed E-state index contributed by atoms with van der Waals surface area (Å²) in [6.07, 6.45) is 0.171. The van der Waals surface area contributed by atoms with Gasteiger partial charge in [0.25, 0.3) is 0 Å². The van der Waals surface area contributed by atoms with Crippen LogP contribution in [0.2, 0.25) is 0 Å². The van der Waals surface area contributed by atoms with Crippen molar-refractivity contribution < 1.29 is 18.0 Å². The van der Waals surface area contributed by atoms with E-state index in [0.717, 1.165) is 11.1 Å². The van der Waals surface area contributed by atoms with E-state index in [1.165, 1.54) is 23.5 Å². The number of sulfonamides is 1. The fourth-order valence-electron chi connectivity index (χ4n) is 2.78. The van der Waals surface area contributed by atoms with Crippen molar-refractivity contribution >= 4 is 27.4 Å². The Kier molecular flexibility index (Phi) is 7.32. The Labute approximate surface area is 173 Å². The van der Waals surface area contributed by atoms with Crippen molar-refractivity contribution in [2.45, 2.75) is 51.5 Å². The summed E-state index contributed by atoms with van der Waals surface area (Å²) in [5.74, 6) is -0.363. The van der Waals surface area contributed by atoms with Gasteiger partial charge in [0.1, 0.15) is 0 Å². The molecule has 2 aromatic rings. The molecule has 0 saturated heterocycles. The smallest absolute Gasteiger partial charge is 0.243 e. The third-order valence-corrected chi connectivity index (χ3v) is 6.86. The van der Waals surface area contributed by atoms with Crippen LogP contribution in [0.15, 0.2) is 47.4 Å². The molecule has 0 saturated carbocycles. The number of benzene rings is 2. The van der Waals surface area contributed by atoms with Crippen LogP contribution >= 0.6 is 0 Å². The summed E-state index contributed by atoms with van der Waals surface area (Å²) in [6, 6.07) is 11.5. The molecule has 7 heteroatoms. The molecule has 1 N–H and O–H groups in total. The molecule has 0 heterocycles. The predicted octanol–water partition coefficient (Wildman–Crippen LogP) is 3.93. The Morgan fingerprint density at radius 3 is 2.21 bits per heavy atom. The Morgan fingerprint density at radius 2 is 1.62 bits per heavy atom. The van der Waals surface area contributed by atoms with Gasteiger partial charge in [-0.15, -0.1) is 0 Å². The Hall–Kier alpha value is -2.51. The van der Waals surface area contributed by atoms with E-state index in [2.05, 4.69) is 5.32 Å². The molecule has 0 aliphatic carbocycles. The van der Waals surface area contributed by atoms with E-state index in [-0.39, 0.29) is 35.5 Å². The number of rotatable bonds is 8. The van der Waals surface area contributed by atoms with Crippen molar-refractivity contribution in [3.8, 4) is 0 Å². The highest BCUT2D eigenvalue weighted by atomic mass is 32.2. The van der Waals surface area contributed by atoms with E-state index in [4.69, 9.17) is 0 Å². The highest BCUT2D eigenvalue weighted by Crippen LogP contribution is 2.19. The van der Waals surface area contributed by atoms with Crippen LogP contribution in [-0.4, -0.2) is 37.5 Å². The zero-order valence-electron chi connectivity index (χ0n) is 17.5. The number of hydrogen-bond donors (Lipinski definition) is 1. The predicted molar refractivity (Wildman–Crippen MR) is 115 cm³/mol. The van der Waals surface area contributed by atoms with Crippen LogP contribution < -0.4 is 5.32 Å². The van der Waals surface area contributed by atoms with E-state index in [1.54, 1.807) is 26.0 Å². The number of aryl methyl sites for hydroxylation is 2. The number of amides is 1. The quantitative estimate of drug-likeness (QED) is 0.661. The van der Waals surface area contributed by atoms with Crippen LogP contribution in [-0.2, 0) is 14.8 Å². The molecule has 0 aliphatic heterocycles. The Bertz CT molecular complexity index is 996. The summed E-state index contributed by atoms with van der Waals surface area (Å²) in [5.41, 5.74) is 3.02. The number of carbonyl (C=O) groups is 2. The molecular formula is C22H28N2O4S. The summed E-state index contributed by atoms with van der Waals surface area (Å²) in [6.45, 7) is 7.39. The first kappa shape index (κ1) is 22.8. The molecule has 0 atom stereocenters. The van der Waals surface area contributed by atoms with Crippen LogP contribution in [0.3, 0.4) is 0 Å². The van der Waals surface area contributed by atoms with Gasteiger partial charge >= 0.3 is 0 Å². The van der Waals surface area contributed by atoms with Crippen molar-refractivity contribution in [2.75, 3.05) is 12.4 Å². The zero-order valence-corrected chi connectivity index (χ0v) is 18.3. The van der Waals surface area contributed by atoms with Crippen LogP contribution in [0.25, 0.3) is 0 Å². The number of anilines is 1. The largest absolute Gasteiger partial charge is 0.326 e. The molecule has 156 valence electrons. The second-order valence-corrected chi connectivity index (χ2v) is 9.43. The lowest BCUT2D eigenvalue weighted by Crippen LogP contribution is -2.33. The fraction of sp³-hybridized carbons (Fsp3) is 0.364. The average molecular weight is 417 g/mol. The van der Waals surface area contributed by atoms with Gasteiger partial charge in [0.15, 0.2) is 5.78 Å². The summed E-state index contributed by atoms with van der Waals surface area (Å²) >= 11 is 0. The Morgan fingerprint density at radius 1 is 1.00 bits per heavy atom. The molecule has 0 fully saturated rings. The van der Waals surface area contributed by atoms with Crippen LogP contribution in [0.4, 0.5) is 5.69 Å². The lowest BCUT2D eigenvalue weighted by atomic mass is 9.99. The molecule has 0 bridgehead atoms. The van der Waals surface area contributed by atoms with Gasteiger partial charge in [0, 0.05) is 37.2 Å². The van der Waals surface area contributed by atoms with Gasteiger partial charge < -0.3 is 5.32 Å². The van der Waals surface area contributed by atoms with E-state index < -0.39 is 10.0 Å². The van der Waals surface area contributed by atoms with Gasteiger partial charge in [-0.2, -0.15) is 4.31 Å². The number of Topliss-reactive ketones (excluding diaryl/α,β-unsaturated/α-hetero) is 1. The van der Waals surface area contributed by atoms with Gasteiger partial charge in [0.05, 0.1) is 4.90 Å². The van der Waals surface area contributed by atoms with Crippen molar-refractivity contribution in [2.24, 2.45) is 0 Å². The number of nitrogens with zero attached hydrogens (tertiary/aromatic N) is 1. The highest BCUT2D eigenvalue weighted by molar-refractivity contribution is 7.89. The number of ketones is 1. The van der Waals surface area contributed by atoms with Crippen LogP contribution in [0.5, 0.6) is 0 Å². The van der Waals surface area contributed by atoms with E-state index in [9.17, 15) is 18.0 Å². The molecule has 2 rings (SSSR count). The molecular weight excluding hydrogens is 388 g/mol. The monoisotopic (exact) mass is 416 g/mol. The van der Waals surface area contributed by atoms with Gasteiger partial charge in [-0.1, -0.05) is 17.7 Å². The normalized spacial score (nSPS) is 11.7. The molecule has 2 aromatic carbocycles. The highest BCUT2D eigenvalue weighted by Gasteiger charge is 2.22. The Balaban J connectivity index is 1.97. The van der Waals surface area contributed by atoms with Crippen LogP contribution in [0, 0.1) is 13.8 Å². The van der Waals surface area contributed by atoms with Gasteiger partial charge in [-0.25, -0.2) is 8.42 Å². The first-order valence-electron chi connectivity index (χ1n) is 9.50. The zero-order chi connectivity index (χ0) is 21.8. The maximum Gasteiger partial charge on any atom is 0.243 e. The lowest BCUT2D eigenvalue weighted by molar-refractivity contribution is -0.116. The summed E-state index contributed by atoms with van der Waals surface area (Å²) in [4.78, 5) is 24.8. The van der Waals surface area contributed by atoms with E-state index in [1.807, 2.05) is 32.0 Å². The first-order valence-corrected chi connectivity index (χ1v) is 10.9. The molecule has 0 unspecified atom stereocenters. The summed E-state index contributed by atoms with van der Waals surface area (Å²) < 4.78 is 26.2. The first-order chi connectivity index (χ1) is 13.5. The van der Waals surface area contributed by atoms with Crippen molar-refractivity contribution in [3.63, 3.8) is 0 Å². The van der Waals surface area contributed by atoms with Crippen molar-refractivity contribution in [3.05, 3.63) is 59.2 Å². The molecule has 0 aromatic heterocycles. The van der Waals surface area contributed by atoms with Crippen molar-refractivity contribution in [1.29, 1.82) is 0 Å². The standard InChI is InChI=1S/C22H28N2O4S/c1-15(2)24(5)29(27,28)19-10-8-18(9-11-19)23-22(26)13-12-21(25)20-14-16(3)6-7-17(20)4/h6-11,14-15H,12-13H2,1-5H3,(H,23,26). The van der Waals surface area contributed by atoms with Gasteiger partial charge in [0.2, 0.25) is 15.9 Å². The fourth-order valence-corrected chi connectivity index (χ4v) is 4.14. The molecule has 29 heavy (non-hydrogen) atoms. The number of nitrogens with one attached hydrogen (secondary N) is 1. The molecule has 1 amide bonds. The minimum absolute atomic E-state index is 0.0579. The average Bonchev–Trinajstić information content (AvgIpc) is 2.67. The topological polar surface area (TPSA) is 83.5 Å². The van der Waals surface area contributed by atoms with Gasteiger partial charge in [-0.3, -0.25) is 9.59 Å². The maximum atomic E-state index is 12.5. The van der Waals surface area contributed by atoms with E-state index in [0.29, 0.717) is 11.3 Å². The number of hydrogen-bond acceptors (Lipinski definition) is 4. The molecule has 0 radical (unpaired) electrons. The van der Waals surface area contributed by atoms with Gasteiger partial charge in [-0.05, 0) is 63.6 Å². The second-order valence-electron chi connectivity index (χ2n) is 7.43. The third kappa shape index (κ3) is 5.74. The number of carbonyl (C=O) groups excluding carboxylic acids is 2. The molecule has 0 spiro atoms. The SMILES string of the molecule is Cc1ccc(C)c(C(=O)CCC(=O)Nc2ccc(S(=O)(=O)N(C)C(C)C)cc2)c1. The third-order valence-electron chi connectivity index (χ3n) is 4.81. The summed E-state index contributed by atoms with van der Waals surface area (Å²) in [7, 11) is -2.04. The van der Waals surface area contributed by atoms with Crippen molar-refractivity contribution in [1.82, 2.24) is 4.31 Å².